The average molecular weight is 145 g/mol. The summed E-state index contributed by atoms with van der Waals surface area (Å²) in [5.74, 6) is 0. The molecule has 0 aromatic heterocycles. The first kappa shape index (κ1) is 10.5. The zero-order valence-electron chi connectivity index (χ0n) is 4.94. The quantitative estimate of drug-likeness (QED) is 0.492. The molecule has 7 heavy (non-hydrogen) atoms. The van der Waals surface area contributed by atoms with Crippen LogP contribution in [0.3, 0.4) is 0 Å². The Kier molecular flexibility index (Phi) is 5.30. The molecule has 0 fully saturated rings. The van der Waals surface area contributed by atoms with Crippen LogP contribution in [0, 0.1) is 0 Å². The molecule has 0 saturated heterocycles. The average Bonchev–Trinajstić information content (AvgIpc) is 1.35. The molecule has 0 aliphatic carbocycles. The van der Waals surface area contributed by atoms with Crippen molar-refractivity contribution in [1.82, 2.24) is 0 Å². The van der Waals surface area contributed by atoms with Gasteiger partial charge in [-0.25, -0.2) is 4.00 Å². The van der Waals surface area contributed by atoms with Crippen molar-refractivity contribution in [1.29, 1.82) is 0 Å². The second-order valence-corrected chi connectivity index (χ2v) is 2.77. The van der Waals surface area contributed by atoms with Crippen LogP contribution in [-0.4, -0.2) is 24.6 Å². The van der Waals surface area contributed by atoms with E-state index in [2.05, 4.69) is 0 Å². The van der Waals surface area contributed by atoms with E-state index in [1.807, 2.05) is 21.0 Å². The lowest BCUT2D eigenvalue weighted by molar-refractivity contribution is -0.769. The van der Waals surface area contributed by atoms with E-state index in [0.29, 0.717) is 4.00 Å². The Labute approximate surface area is 56.4 Å². The second kappa shape index (κ2) is 3.53. The number of hydrogen-bond acceptors (Lipinski definition) is 0. The van der Waals surface area contributed by atoms with Crippen molar-refractivity contribution in [2.45, 2.75) is 6.92 Å². The van der Waals surface area contributed by atoms with E-state index in [4.69, 9.17) is 11.8 Å². The van der Waals surface area contributed by atoms with Gasteiger partial charge in [0.15, 0.2) is 11.8 Å². The molecule has 0 aliphatic rings. The molecule has 3 heteroatoms. The summed E-state index contributed by atoms with van der Waals surface area (Å²) in [7, 11) is 3.89. The number of quaternary nitrogens is 1. The van der Waals surface area contributed by atoms with Crippen molar-refractivity contribution in [3.63, 3.8) is 0 Å². The van der Waals surface area contributed by atoms with Crippen LogP contribution in [0.15, 0.2) is 0 Å². The molecule has 0 saturated carbocycles. The Morgan fingerprint density at radius 1 is 1.43 bits per heavy atom. The molecule has 0 heterocycles. The molecule has 0 aliphatic heterocycles. The van der Waals surface area contributed by atoms with Gasteiger partial charge in [0.2, 0.25) is 0 Å². The first-order valence-corrected chi connectivity index (χ1v) is 2.42. The van der Waals surface area contributed by atoms with Gasteiger partial charge in [-0.15, -0.1) is 12.4 Å². The summed E-state index contributed by atoms with van der Waals surface area (Å²) >= 11 is 5.66. The first-order valence-electron chi connectivity index (χ1n) is 2.09. The van der Waals surface area contributed by atoms with Crippen LogP contribution in [-0.2, 0) is 0 Å². The lowest BCUT2D eigenvalue weighted by Gasteiger charge is -2.13. The Hall–Kier alpha value is 0.540. The maximum atomic E-state index is 5.66. The highest BCUT2D eigenvalue weighted by Gasteiger charge is 2.03. The number of halogens is 2. The van der Waals surface area contributed by atoms with Gasteiger partial charge in [-0.05, 0) is 6.92 Å². The minimum Gasteiger partial charge on any atom is -0.227 e. The fraction of sp³-hybridized carbons (Fsp3) is 1.00. The summed E-state index contributed by atoms with van der Waals surface area (Å²) in [4.78, 5) is 0. The van der Waals surface area contributed by atoms with Gasteiger partial charge in [0.05, 0.1) is 20.6 Å². The maximum absolute atomic E-state index is 5.66. The lowest BCUT2D eigenvalue weighted by Crippen LogP contribution is -2.26. The molecule has 0 aromatic rings. The van der Waals surface area contributed by atoms with Gasteiger partial charge >= 0.3 is 0 Å². The standard InChI is InChI=1S/C4H11ClN.ClH/c1-4-6(2,3)5;/h4H2,1-3H3;1H/q+1;. The van der Waals surface area contributed by atoms with E-state index in [0.717, 1.165) is 6.54 Å². The molecule has 0 radical (unpaired) electrons. The van der Waals surface area contributed by atoms with Crippen LogP contribution < -0.4 is 0 Å². The molecular weight excluding hydrogens is 133 g/mol. The highest BCUT2D eigenvalue weighted by Crippen LogP contribution is 1.97. The van der Waals surface area contributed by atoms with E-state index >= 15 is 0 Å². The van der Waals surface area contributed by atoms with Gasteiger partial charge in [0.1, 0.15) is 0 Å². The number of rotatable bonds is 1. The van der Waals surface area contributed by atoms with Crippen molar-refractivity contribution in [3.05, 3.63) is 0 Å². The minimum atomic E-state index is 0. The van der Waals surface area contributed by atoms with Gasteiger partial charge in [0.25, 0.3) is 0 Å². The Morgan fingerprint density at radius 2 is 1.57 bits per heavy atom. The fourth-order valence-electron chi connectivity index (χ4n) is 0. The molecule has 0 aromatic carbocycles. The number of hydrogen-bond donors (Lipinski definition) is 0. The summed E-state index contributed by atoms with van der Waals surface area (Å²) in [5, 5.41) is 0. The molecule has 0 unspecified atom stereocenters. The molecule has 0 N–H and O–H groups in total. The second-order valence-electron chi connectivity index (χ2n) is 1.85. The van der Waals surface area contributed by atoms with Crippen molar-refractivity contribution in [2.24, 2.45) is 0 Å². The molecule has 46 valence electrons. The lowest BCUT2D eigenvalue weighted by atomic mass is 10.7. The van der Waals surface area contributed by atoms with Gasteiger partial charge in [-0.2, -0.15) is 0 Å². The highest BCUT2D eigenvalue weighted by atomic mass is 35.5. The predicted molar refractivity (Wildman–Crippen MR) is 35.8 cm³/mol. The van der Waals surface area contributed by atoms with Crippen LogP contribution in [0.25, 0.3) is 0 Å². The minimum absolute atomic E-state index is 0. The van der Waals surface area contributed by atoms with E-state index in [-0.39, 0.29) is 12.4 Å². The van der Waals surface area contributed by atoms with Crippen molar-refractivity contribution in [2.75, 3.05) is 20.6 Å². The molecular formula is C4H12Cl2N+. The third-order valence-electron chi connectivity index (χ3n) is 0.752. The predicted octanol–water partition coefficient (Wildman–Crippen LogP) is 1.66. The number of nitrogens with zero attached hydrogens (tertiary/aromatic N) is 1. The van der Waals surface area contributed by atoms with Crippen LogP contribution in [0.5, 0.6) is 0 Å². The Balaban J connectivity index is 0. The largest absolute Gasteiger partial charge is 0.227 e. The first-order chi connectivity index (χ1) is 2.56. The summed E-state index contributed by atoms with van der Waals surface area (Å²) in [5.41, 5.74) is 0. The highest BCUT2D eigenvalue weighted by molar-refractivity contribution is 6.06. The molecule has 0 bridgehead atoms. The fourth-order valence-corrected chi connectivity index (χ4v) is 0. The molecule has 0 atom stereocenters. The molecule has 1 nitrogen and oxygen atoms in total. The normalized spacial score (nSPS) is 10.3. The van der Waals surface area contributed by atoms with Crippen molar-refractivity contribution < 1.29 is 4.00 Å². The van der Waals surface area contributed by atoms with Crippen molar-refractivity contribution in [3.8, 4) is 0 Å². The van der Waals surface area contributed by atoms with Gasteiger partial charge in [-0.1, -0.05) is 0 Å². The van der Waals surface area contributed by atoms with E-state index < -0.39 is 0 Å². The zero-order valence-corrected chi connectivity index (χ0v) is 6.51. The smallest absolute Gasteiger partial charge is 0.164 e. The van der Waals surface area contributed by atoms with E-state index in [1.165, 1.54) is 0 Å². The summed E-state index contributed by atoms with van der Waals surface area (Å²) in [6, 6.07) is 0. The van der Waals surface area contributed by atoms with Crippen LogP contribution in [0.4, 0.5) is 0 Å². The maximum Gasteiger partial charge on any atom is 0.164 e. The Morgan fingerprint density at radius 3 is 1.57 bits per heavy atom. The van der Waals surface area contributed by atoms with Gasteiger partial charge in [0, 0.05) is 0 Å². The van der Waals surface area contributed by atoms with Crippen molar-refractivity contribution >= 4 is 24.2 Å². The van der Waals surface area contributed by atoms with Gasteiger partial charge < -0.3 is 0 Å². The van der Waals surface area contributed by atoms with Crippen LogP contribution >= 0.6 is 24.2 Å². The van der Waals surface area contributed by atoms with Crippen LogP contribution in [0.2, 0.25) is 0 Å². The Bertz CT molecular complexity index is 39.4. The monoisotopic (exact) mass is 144 g/mol. The van der Waals surface area contributed by atoms with E-state index in [1.54, 1.807) is 0 Å². The van der Waals surface area contributed by atoms with E-state index in [9.17, 15) is 0 Å². The molecule has 0 spiro atoms. The SMILES string of the molecule is CC[N+](C)(C)Cl.Cl. The molecule has 0 rings (SSSR count). The topological polar surface area (TPSA) is 0 Å². The third kappa shape index (κ3) is 10.8. The summed E-state index contributed by atoms with van der Waals surface area (Å²) in [6.07, 6.45) is 0. The summed E-state index contributed by atoms with van der Waals surface area (Å²) < 4.78 is 0.542. The van der Waals surface area contributed by atoms with Crippen LogP contribution in [0.1, 0.15) is 6.92 Å². The van der Waals surface area contributed by atoms with Gasteiger partial charge in [-0.3, -0.25) is 0 Å². The summed E-state index contributed by atoms with van der Waals surface area (Å²) in [6.45, 7) is 3.02. The third-order valence-corrected chi connectivity index (χ3v) is 0.991. The zero-order chi connectivity index (χ0) is 5.21. The molecule has 0 amide bonds.